The molecule has 410 valence electrons. The number of nitro benzene ring substituents is 2. The third kappa shape index (κ3) is 16.1. The van der Waals surface area contributed by atoms with Crippen LogP contribution in [0.3, 0.4) is 0 Å². The topological polar surface area (TPSA) is 196 Å². The lowest BCUT2D eigenvalue weighted by Gasteiger charge is -2.13. The minimum absolute atomic E-state index is 0.0245. The van der Waals surface area contributed by atoms with Crippen LogP contribution in [0.15, 0.2) is 230 Å². The van der Waals surface area contributed by atoms with Gasteiger partial charge in [-0.3, -0.25) is 25.2 Å². The van der Waals surface area contributed by atoms with Crippen molar-refractivity contribution in [1.29, 1.82) is 0 Å². The number of benzene rings is 9. The van der Waals surface area contributed by atoms with E-state index < -0.39 is 38.8 Å². The van der Waals surface area contributed by atoms with Crippen molar-refractivity contribution in [3.05, 3.63) is 265 Å². The first-order valence-corrected chi connectivity index (χ1v) is 27.4. The number of non-ortho nitro benzene ring substituents is 2. The number of rotatable bonds is 17. The minimum Gasteiger partial charge on any atom is -0.503 e. The molecule has 0 atom stereocenters. The molecule has 0 amide bonds. The summed E-state index contributed by atoms with van der Waals surface area (Å²) in [5.74, 6) is -3.43. The number of phenolic OH excluding ortho intramolecular Hbond substituents is 3. The van der Waals surface area contributed by atoms with Crippen LogP contribution in [-0.4, -0.2) is 30.2 Å². The average Bonchev–Trinajstić information content (AvgIpc) is 3.47. The van der Waals surface area contributed by atoms with E-state index in [1.165, 1.54) is 72.1 Å². The third-order valence-corrected chi connectivity index (χ3v) is 15.6. The van der Waals surface area contributed by atoms with Crippen LogP contribution in [0.4, 0.5) is 41.6 Å². The van der Waals surface area contributed by atoms with Crippen LogP contribution in [0, 0.1) is 44.6 Å². The van der Waals surface area contributed by atoms with Crippen LogP contribution in [0.2, 0.25) is 5.02 Å². The summed E-state index contributed by atoms with van der Waals surface area (Å²) in [5, 5.41) is 62.4. The third-order valence-electron chi connectivity index (χ3n) is 11.9. The van der Waals surface area contributed by atoms with Gasteiger partial charge in [0.15, 0.2) is 34.7 Å². The molecule has 0 radical (unpaired) electrons. The van der Waals surface area contributed by atoms with Crippen LogP contribution in [-0.2, 0) is 19.6 Å². The van der Waals surface area contributed by atoms with Gasteiger partial charge in [0.05, 0.1) is 32.4 Å². The van der Waals surface area contributed by atoms with Gasteiger partial charge in [-0.25, -0.2) is 13.2 Å². The zero-order chi connectivity index (χ0) is 57.4. The smallest absolute Gasteiger partial charge is 0.269 e. The van der Waals surface area contributed by atoms with Gasteiger partial charge in [-0.15, -0.1) is 0 Å². The number of halogens is 4. The number of nitro groups is 2. The zero-order valence-electron chi connectivity index (χ0n) is 42.7. The maximum Gasteiger partial charge on any atom is 0.269 e. The Bertz CT molecular complexity index is 3690. The Labute approximate surface area is 481 Å². The maximum atomic E-state index is 13.5. The van der Waals surface area contributed by atoms with Crippen molar-refractivity contribution >= 4 is 86.2 Å². The second kappa shape index (κ2) is 27.8. The van der Waals surface area contributed by atoms with Gasteiger partial charge < -0.3 is 31.3 Å². The Morgan fingerprint density at radius 1 is 0.481 bits per heavy atom. The summed E-state index contributed by atoms with van der Waals surface area (Å²) in [7, 11) is 0. The molecule has 0 unspecified atom stereocenters. The molecule has 0 fully saturated rings. The molecular formula is C61H48ClF3N6O7S3. The molecule has 0 saturated carbocycles. The number of nitrogens with one attached hydrogen (secondary N) is 3. The Balaban J connectivity index is 0.000000159. The molecule has 9 aromatic carbocycles. The highest BCUT2D eigenvalue weighted by Gasteiger charge is 2.16. The van der Waals surface area contributed by atoms with Gasteiger partial charge >= 0.3 is 0 Å². The molecule has 0 spiro atoms. The number of pyridine rings is 1. The number of aryl methyl sites for hydroxylation is 1. The predicted molar refractivity (Wildman–Crippen MR) is 316 cm³/mol. The zero-order valence-corrected chi connectivity index (χ0v) is 45.9. The molecule has 0 saturated heterocycles. The number of aromatic nitrogens is 1. The highest BCUT2D eigenvalue weighted by atomic mass is 35.5. The number of nitrogens with zero attached hydrogens (tertiary/aromatic N) is 3. The first kappa shape index (κ1) is 58.3. The number of phenols is 3. The van der Waals surface area contributed by atoms with Crippen molar-refractivity contribution in [1.82, 2.24) is 4.98 Å². The van der Waals surface area contributed by atoms with Crippen LogP contribution in [0.1, 0.15) is 22.3 Å². The van der Waals surface area contributed by atoms with Crippen LogP contribution < -0.4 is 16.0 Å². The summed E-state index contributed by atoms with van der Waals surface area (Å²) in [6, 6.07) is 55.4. The monoisotopic (exact) mass is 1160 g/mol. The van der Waals surface area contributed by atoms with Gasteiger partial charge in [0.1, 0.15) is 0 Å². The Morgan fingerprint density at radius 2 is 0.914 bits per heavy atom. The molecule has 10 rings (SSSR count). The number of anilines is 3. The Hall–Kier alpha value is -8.88. The van der Waals surface area contributed by atoms with E-state index >= 15 is 0 Å². The van der Waals surface area contributed by atoms with Gasteiger partial charge in [0.2, 0.25) is 0 Å². The summed E-state index contributed by atoms with van der Waals surface area (Å²) in [6.45, 7) is 2.86. The van der Waals surface area contributed by atoms with Crippen molar-refractivity contribution in [3.8, 4) is 17.2 Å². The summed E-state index contributed by atoms with van der Waals surface area (Å²) in [4.78, 5) is 31.5. The lowest BCUT2D eigenvalue weighted by atomic mass is 10.2. The molecule has 1 heterocycles. The van der Waals surface area contributed by atoms with E-state index in [-0.39, 0.29) is 41.6 Å². The fourth-order valence-electron chi connectivity index (χ4n) is 7.73. The van der Waals surface area contributed by atoms with Crippen molar-refractivity contribution in [2.45, 2.75) is 55.9 Å². The van der Waals surface area contributed by atoms with Crippen LogP contribution in [0.25, 0.3) is 10.9 Å². The maximum absolute atomic E-state index is 13.5. The molecule has 10 aromatic rings. The summed E-state index contributed by atoms with van der Waals surface area (Å²) >= 11 is 10.5. The highest BCUT2D eigenvalue weighted by molar-refractivity contribution is 8.00. The van der Waals surface area contributed by atoms with Gasteiger partial charge in [-0.1, -0.05) is 113 Å². The SMILES string of the molecule is Cc1ccc(Sc2ccc([N+](=O)[O-])cc2CNc2cccc(F)c2O)cc1.O=[N+]([O-])c1ccc(Sc2ccc(Cl)cc2)c(CNc2cccc(F)c2O)c1.Oc1c(F)cccc1NCc1ccccc1Sc1ccc2cccnc2c1. The summed E-state index contributed by atoms with van der Waals surface area (Å²) in [6.07, 6.45) is 1.79. The first-order chi connectivity index (χ1) is 39.1. The Kier molecular flexibility index (Phi) is 20.0. The van der Waals surface area contributed by atoms with Crippen molar-refractivity contribution in [3.63, 3.8) is 0 Å². The van der Waals surface area contributed by atoms with E-state index in [1.807, 2.05) is 73.7 Å². The largest absolute Gasteiger partial charge is 0.503 e. The number of para-hydroxylation sites is 3. The van der Waals surface area contributed by atoms with Crippen LogP contribution >= 0.6 is 46.9 Å². The average molecular weight is 1170 g/mol. The number of hydrogen-bond donors (Lipinski definition) is 6. The lowest BCUT2D eigenvalue weighted by Crippen LogP contribution is -2.03. The predicted octanol–water partition coefficient (Wildman–Crippen LogP) is 17.2. The van der Waals surface area contributed by atoms with E-state index in [9.17, 15) is 48.7 Å². The first-order valence-electron chi connectivity index (χ1n) is 24.6. The van der Waals surface area contributed by atoms with Crippen molar-refractivity contribution in [2.75, 3.05) is 16.0 Å². The number of fused-ring (bicyclic) bond motifs is 1. The molecule has 0 aliphatic carbocycles. The quantitative estimate of drug-likeness (QED) is 0.0286. The molecular weight excluding hydrogens is 1120 g/mol. The standard InChI is InChI=1S/C22H17FN2OS.C20H17FN2O3S.C19H14ClFN2O3S/c23-18-7-3-8-19(22(18)26)25-14-16-5-1-2-9-21(16)27-17-11-10-15-6-4-12-24-20(15)13-17;1-13-5-8-16(9-6-13)27-19-10-7-15(23(25)26)11-14(19)12-22-18-4-2-3-17(21)20(18)24;20-13-4-7-15(8-5-13)27-18-9-6-14(23(25)26)10-12(18)11-22-17-3-1-2-16(21)19(17)24/h1-13,25-26H,14H2;2-11,22,24H,12H2,1H3;1-10,22,24H,11H2. The molecule has 0 aliphatic rings. The normalized spacial score (nSPS) is 10.7. The second-order valence-corrected chi connectivity index (χ2v) is 21.4. The van der Waals surface area contributed by atoms with Crippen LogP contribution in [0.5, 0.6) is 17.2 Å². The lowest BCUT2D eigenvalue weighted by molar-refractivity contribution is -0.385. The van der Waals surface area contributed by atoms with E-state index in [4.69, 9.17) is 11.6 Å². The molecule has 20 heteroatoms. The van der Waals surface area contributed by atoms with Gasteiger partial charge in [0, 0.05) is 89.9 Å². The fraction of sp³-hybridized carbons (Fsp3) is 0.0656. The molecule has 6 N–H and O–H groups in total. The van der Waals surface area contributed by atoms with Gasteiger partial charge in [0.25, 0.3) is 11.4 Å². The fourth-order valence-corrected chi connectivity index (χ4v) is 10.7. The van der Waals surface area contributed by atoms with E-state index in [0.717, 1.165) is 63.5 Å². The molecule has 81 heavy (non-hydrogen) atoms. The van der Waals surface area contributed by atoms with Crippen molar-refractivity contribution in [2.24, 2.45) is 0 Å². The van der Waals surface area contributed by atoms with E-state index in [0.29, 0.717) is 28.4 Å². The molecule has 1 aromatic heterocycles. The number of aromatic hydroxyl groups is 3. The summed E-state index contributed by atoms with van der Waals surface area (Å²) in [5.41, 5.74) is 5.24. The minimum atomic E-state index is -0.741. The van der Waals surface area contributed by atoms with Gasteiger partial charge in [-0.05, 0) is 133 Å². The molecule has 13 nitrogen and oxygen atoms in total. The molecule has 0 bridgehead atoms. The van der Waals surface area contributed by atoms with E-state index in [1.54, 1.807) is 60.4 Å². The summed E-state index contributed by atoms with van der Waals surface area (Å²) < 4.78 is 40.5. The highest BCUT2D eigenvalue weighted by Crippen LogP contribution is 2.38. The van der Waals surface area contributed by atoms with Crippen molar-refractivity contribution < 1.29 is 38.3 Å². The van der Waals surface area contributed by atoms with E-state index in [2.05, 4.69) is 45.2 Å². The second-order valence-electron chi connectivity index (χ2n) is 17.6. The number of hydrogen-bond acceptors (Lipinski definition) is 14. The molecule has 0 aliphatic heterocycles. The Morgan fingerprint density at radius 3 is 1.41 bits per heavy atom. The van der Waals surface area contributed by atoms with Gasteiger partial charge in [-0.2, -0.15) is 0 Å².